The number of carbonyl (C=O) groups excluding carboxylic acids is 1. The molecule has 1 heterocycles. The number of nitro benzene ring substituents is 1. The molecule has 9 heteroatoms. The number of ether oxygens (including phenoxy) is 1. The Morgan fingerprint density at radius 1 is 1.32 bits per heavy atom. The molecule has 0 radical (unpaired) electrons. The first-order chi connectivity index (χ1) is 13.4. The van der Waals surface area contributed by atoms with Crippen LogP contribution in [0.4, 0.5) is 17.1 Å². The predicted octanol–water partition coefficient (Wildman–Crippen LogP) is 3.31. The first kappa shape index (κ1) is 19.8. The van der Waals surface area contributed by atoms with Crippen LogP contribution in [-0.4, -0.2) is 44.1 Å². The van der Waals surface area contributed by atoms with Gasteiger partial charge in [0.2, 0.25) is 0 Å². The van der Waals surface area contributed by atoms with E-state index in [1.165, 1.54) is 18.2 Å². The van der Waals surface area contributed by atoms with Crippen LogP contribution in [0.2, 0.25) is 5.02 Å². The van der Waals surface area contributed by atoms with Crippen LogP contribution in [-0.2, 0) is 0 Å². The summed E-state index contributed by atoms with van der Waals surface area (Å²) in [4.78, 5) is 25.4. The molecule has 1 unspecified atom stereocenters. The number of methoxy groups -OCH3 is 1. The molecule has 1 amide bonds. The summed E-state index contributed by atoms with van der Waals surface area (Å²) in [6.07, 6.45) is 0.741. The maximum Gasteiger partial charge on any atom is 0.270 e. The minimum atomic E-state index is -0.515. The van der Waals surface area contributed by atoms with Crippen molar-refractivity contribution < 1.29 is 14.5 Å². The Morgan fingerprint density at radius 3 is 2.79 bits per heavy atom. The highest BCUT2D eigenvalue weighted by molar-refractivity contribution is 6.31. The van der Waals surface area contributed by atoms with Gasteiger partial charge in [-0.15, -0.1) is 0 Å². The van der Waals surface area contributed by atoms with E-state index in [0.29, 0.717) is 23.0 Å². The molecule has 3 rings (SSSR count). The topological polar surface area (TPSA) is 96.7 Å². The second-order valence-corrected chi connectivity index (χ2v) is 6.89. The lowest BCUT2D eigenvalue weighted by Crippen LogP contribution is -2.37. The van der Waals surface area contributed by atoms with Crippen LogP contribution in [0, 0.1) is 10.1 Å². The largest absolute Gasteiger partial charge is 0.495 e. The Bertz CT molecular complexity index is 905. The van der Waals surface area contributed by atoms with Gasteiger partial charge in [0.05, 0.1) is 23.3 Å². The van der Waals surface area contributed by atoms with E-state index in [4.69, 9.17) is 16.3 Å². The molecule has 28 heavy (non-hydrogen) atoms. The third kappa shape index (κ3) is 4.12. The van der Waals surface area contributed by atoms with E-state index in [9.17, 15) is 14.9 Å². The number of halogens is 1. The molecule has 148 valence electrons. The summed E-state index contributed by atoms with van der Waals surface area (Å²) in [6.45, 7) is 1.32. The lowest BCUT2D eigenvalue weighted by atomic mass is 10.1. The Morgan fingerprint density at radius 2 is 2.11 bits per heavy atom. The van der Waals surface area contributed by atoms with Gasteiger partial charge in [-0.1, -0.05) is 11.6 Å². The Balaban J connectivity index is 1.74. The Kier molecular flexibility index (Phi) is 5.89. The van der Waals surface area contributed by atoms with Gasteiger partial charge in [0.25, 0.3) is 11.6 Å². The summed E-state index contributed by atoms with van der Waals surface area (Å²) in [5.41, 5.74) is 1.53. The van der Waals surface area contributed by atoms with E-state index in [2.05, 4.69) is 15.5 Å². The SMILES string of the molecule is CNc1ccc([N+](=O)[O-])cc1C(=O)NC1CCN(c2cc(Cl)ccc2OC)C1. The number of anilines is 2. The zero-order valence-electron chi connectivity index (χ0n) is 15.6. The Hall–Kier alpha value is -3.00. The number of hydrogen-bond acceptors (Lipinski definition) is 6. The average Bonchev–Trinajstić information content (AvgIpc) is 3.15. The predicted molar refractivity (Wildman–Crippen MR) is 109 cm³/mol. The first-order valence-electron chi connectivity index (χ1n) is 8.78. The van der Waals surface area contributed by atoms with E-state index in [0.717, 1.165) is 18.7 Å². The number of benzene rings is 2. The van der Waals surface area contributed by atoms with Crippen molar-refractivity contribution in [3.63, 3.8) is 0 Å². The lowest BCUT2D eigenvalue weighted by Gasteiger charge is -2.22. The van der Waals surface area contributed by atoms with E-state index < -0.39 is 4.92 Å². The fourth-order valence-electron chi connectivity index (χ4n) is 3.32. The summed E-state index contributed by atoms with van der Waals surface area (Å²) in [6, 6.07) is 9.50. The van der Waals surface area contributed by atoms with Crippen molar-refractivity contribution in [2.75, 3.05) is 37.5 Å². The van der Waals surface area contributed by atoms with Gasteiger partial charge in [0.15, 0.2) is 0 Å². The van der Waals surface area contributed by atoms with Gasteiger partial charge in [-0.3, -0.25) is 14.9 Å². The molecular formula is C19H21ClN4O4. The quantitative estimate of drug-likeness (QED) is 0.566. The number of nitrogens with zero attached hydrogens (tertiary/aromatic N) is 2. The second-order valence-electron chi connectivity index (χ2n) is 6.46. The molecule has 0 aromatic heterocycles. The van der Waals surface area contributed by atoms with Crippen LogP contribution in [0.3, 0.4) is 0 Å². The molecule has 1 aliphatic rings. The third-order valence-corrected chi connectivity index (χ3v) is 4.97. The lowest BCUT2D eigenvalue weighted by molar-refractivity contribution is -0.384. The number of nitrogens with one attached hydrogen (secondary N) is 2. The molecule has 2 aromatic rings. The fourth-order valence-corrected chi connectivity index (χ4v) is 3.49. The molecule has 1 aliphatic heterocycles. The van der Waals surface area contributed by atoms with Crippen molar-refractivity contribution in [2.24, 2.45) is 0 Å². The number of nitro groups is 1. The standard InChI is InChI=1S/C19H21ClN4O4/c1-21-16-5-4-14(24(26)27)10-15(16)19(25)22-13-7-8-23(11-13)17-9-12(20)3-6-18(17)28-2/h3-6,9-10,13,21H,7-8,11H2,1-2H3,(H,22,25). The van der Waals surface area contributed by atoms with Crippen LogP contribution < -0.4 is 20.3 Å². The summed E-state index contributed by atoms with van der Waals surface area (Å²) in [7, 11) is 3.27. The monoisotopic (exact) mass is 404 g/mol. The van der Waals surface area contributed by atoms with Gasteiger partial charge in [0, 0.05) is 49.0 Å². The average molecular weight is 405 g/mol. The maximum absolute atomic E-state index is 12.7. The molecule has 0 bridgehead atoms. The highest BCUT2D eigenvalue weighted by Crippen LogP contribution is 2.33. The van der Waals surface area contributed by atoms with E-state index in [-0.39, 0.29) is 23.2 Å². The van der Waals surface area contributed by atoms with Crippen LogP contribution in [0.15, 0.2) is 36.4 Å². The van der Waals surface area contributed by atoms with Crippen molar-refractivity contribution in [2.45, 2.75) is 12.5 Å². The third-order valence-electron chi connectivity index (χ3n) is 4.73. The van der Waals surface area contributed by atoms with Gasteiger partial charge < -0.3 is 20.3 Å². The van der Waals surface area contributed by atoms with E-state index in [1.54, 1.807) is 20.2 Å². The maximum atomic E-state index is 12.7. The highest BCUT2D eigenvalue weighted by atomic mass is 35.5. The molecule has 8 nitrogen and oxygen atoms in total. The molecule has 1 fully saturated rings. The minimum absolute atomic E-state index is 0.0971. The van der Waals surface area contributed by atoms with Crippen LogP contribution in [0.25, 0.3) is 0 Å². The molecule has 0 aliphatic carbocycles. The number of amides is 1. The summed E-state index contributed by atoms with van der Waals surface area (Å²) in [5.74, 6) is 0.366. The van der Waals surface area contributed by atoms with Crippen LogP contribution >= 0.6 is 11.6 Å². The van der Waals surface area contributed by atoms with Gasteiger partial charge in [0.1, 0.15) is 5.75 Å². The van der Waals surface area contributed by atoms with E-state index in [1.807, 2.05) is 12.1 Å². The van der Waals surface area contributed by atoms with Gasteiger partial charge >= 0.3 is 0 Å². The molecule has 1 saturated heterocycles. The summed E-state index contributed by atoms with van der Waals surface area (Å²) < 4.78 is 5.40. The molecule has 1 atom stereocenters. The van der Waals surface area contributed by atoms with Crippen molar-refractivity contribution in [3.8, 4) is 5.75 Å². The number of carbonyl (C=O) groups is 1. The highest BCUT2D eigenvalue weighted by Gasteiger charge is 2.27. The molecule has 2 N–H and O–H groups in total. The second kappa shape index (κ2) is 8.35. The van der Waals surface area contributed by atoms with Crippen LogP contribution in [0.5, 0.6) is 5.75 Å². The normalized spacial score (nSPS) is 16.0. The minimum Gasteiger partial charge on any atom is -0.495 e. The molecular weight excluding hydrogens is 384 g/mol. The number of rotatable bonds is 6. The van der Waals surface area contributed by atoms with E-state index >= 15 is 0 Å². The fraction of sp³-hybridized carbons (Fsp3) is 0.316. The van der Waals surface area contributed by atoms with Gasteiger partial charge in [-0.25, -0.2) is 0 Å². The number of non-ortho nitro benzene ring substituents is 1. The van der Waals surface area contributed by atoms with Crippen molar-refractivity contribution in [1.82, 2.24) is 5.32 Å². The van der Waals surface area contributed by atoms with Crippen molar-refractivity contribution in [3.05, 3.63) is 57.1 Å². The van der Waals surface area contributed by atoms with Crippen LogP contribution in [0.1, 0.15) is 16.8 Å². The molecule has 0 saturated carbocycles. The van der Waals surface area contributed by atoms with Crippen molar-refractivity contribution >= 4 is 34.6 Å². The summed E-state index contributed by atoms with van der Waals surface area (Å²) in [5, 5.41) is 17.5. The number of hydrogen-bond donors (Lipinski definition) is 2. The smallest absolute Gasteiger partial charge is 0.270 e. The summed E-state index contributed by atoms with van der Waals surface area (Å²) >= 11 is 6.11. The van der Waals surface area contributed by atoms with Gasteiger partial charge in [-0.2, -0.15) is 0 Å². The zero-order chi connectivity index (χ0) is 20.3. The molecule has 0 spiro atoms. The first-order valence-corrected chi connectivity index (χ1v) is 9.16. The van der Waals surface area contributed by atoms with Crippen molar-refractivity contribution in [1.29, 1.82) is 0 Å². The molecule has 2 aromatic carbocycles. The van der Waals surface area contributed by atoms with Gasteiger partial charge in [-0.05, 0) is 30.7 Å². The Labute approximate surface area is 167 Å². The zero-order valence-corrected chi connectivity index (χ0v) is 16.3.